The van der Waals surface area contributed by atoms with E-state index in [1.54, 1.807) is 53.1 Å². The Hall–Kier alpha value is -4.72. The van der Waals surface area contributed by atoms with Crippen molar-refractivity contribution in [2.75, 3.05) is 5.32 Å². The maximum atomic E-state index is 12.7. The number of nitrogens with zero attached hydrogens (tertiary/aromatic N) is 3. The Balaban J connectivity index is 1.62. The number of allylic oxidation sites excluding steroid dienone is 1. The lowest BCUT2D eigenvalue weighted by Crippen LogP contribution is -2.12. The molecule has 164 valence electrons. The van der Waals surface area contributed by atoms with Crippen LogP contribution in [0.2, 0.25) is 0 Å². The second-order valence-corrected chi connectivity index (χ2v) is 7.15. The number of aromatic nitrogens is 1. The van der Waals surface area contributed by atoms with Gasteiger partial charge in [-0.05, 0) is 36.4 Å². The Morgan fingerprint density at radius 2 is 1.73 bits per heavy atom. The number of amides is 2. The van der Waals surface area contributed by atoms with Gasteiger partial charge >= 0.3 is 0 Å². The van der Waals surface area contributed by atoms with E-state index in [9.17, 15) is 19.8 Å². The molecule has 8 heteroatoms. The van der Waals surface area contributed by atoms with Gasteiger partial charge in [0, 0.05) is 23.2 Å². The fourth-order valence-corrected chi connectivity index (χ4v) is 3.41. The van der Waals surface area contributed by atoms with Crippen molar-refractivity contribution in [2.24, 2.45) is 10.2 Å². The van der Waals surface area contributed by atoms with Crippen LogP contribution in [-0.2, 0) is 6.54 Å². The van der Waals surface area contributed by atoms with Gasteiger partial charge in [0.25, 0.3) is 11.8 Å². The number of hydrogen-bond acceptors (Lipinski definition) is 5. The number of phenolic OH excluding ortho intramolecular Hbond substituents is 1. The summed E-state index contributed by atoms with van der Waals surface area (Å²) in [6.45, 7) is 4.03. The molecule has 0 aliphatic heterocycles. The average molecular weight is 440 g/mol. The standard InChI is InChI=1S/C25H20N4O4/c1-2-14-29-20-11-7-6-10-18(20)22(25(29)33)27-28-24(32)19-15-17(12-13-21(19)30)26-23(31)16-8-4-3-5-9-16/h2-13,15,30,33H,1,14H2,(H,26,31). The van der Waals surface area contributed by atoms with Gasteiger partial charge in [0.15, 0.2) is 5.69 Å². The molecule has 0 saturated carbocycles. The molecule has 1 aromatic heterocycles. The Bertz CT molecular complexity index is 1390. The summed E-state index contributed by atoms with van der Waals surface area (Å²) >= 11 is 0. The lowest BCUT2D eigenvalue weighted by atomic mass is 10.1. The first-order valence-corrected chi connectivity index (χ1v) is 10.1. The highest BCUT2D eigenvalue weighted by Gasteiger charge is 2.17. The Labute approximate surface area is 189 Å². The summed E-state index contributed by atoms with van der Waals surface area (Å²) in [5.74, 6) is -1.65. The van der Waals surface area contributed by atoms with E-state index in [1.807, 2.05) is 12.1 Å². The summed E-state index contributed by atoms with van der Waals surface area (Å²) in [6, 6.07) is 19.8. The number of carbonyl (C=O) groups is 2. The zero-order valence-corrected chi connectivity index (χ0v) is 17.5. The molecular formula is C25H20N4O4. The van der Waals surface area contributed by atoms with Crippen molar-refractivity contribution in [3.05, 3.63) is 96.6 Å². The third-order valence-corrected chi connectivity index (χ3v) is 4.99. The number of benzene rings is 3. The molecule has 0 aliphatic rings. The van der Waals surface area contributed by atoms with Crippen LogP contribution < -0.4 is 5.32 Å². The van der Waals surface area contributed by atoms with Crippen molar-refractivity contribution in [2.45, 2.75) is 6.54 Å². The highest BCUT2D eigenvalue weighted by atomic mass is 16.3. The number of aromatic hydroxyl groups is 2. The number of phenols is 1. The van der Waals surface area contributed by atoms with Crippen LogP contribution in [0.1, 0.15) is 20.7 Å². The van der Waals surface area contributed by atoms with E-state index < -0.39 is 5.91 Å². The molecule has 0 radical (unpaired) electrons. The highest BCUT2D eigenvalue weighted by molar-refractivity contribution is 6.05. The van der Waals surface area contributed by atoms with Gasteiger partial charge in [-0.3, -0.25) is 9.59 Å². The number of rotatable bonds is 6. The molecule has 0 atom stereocenters. The van der Waals surface area contributed by atoms with Crippen LogP contribution in [0.4, 0.5) is 11.4 Å². The zero-order valence-electron chi connectivity index (χ0n) is 17.5. The summed E-state index contributed by atoms with van der Waals surface area (Å²) in [5, 5.41) is 31.7. The molecule has 0 spiro atoms. The molecular weight excluding hydrogens is 420 g/mol. The second-order valence-electron chi connectivity index (χ2n) is 7.15. The third-order valence-electron chi connectivity index (χ3n) is 4.99. The van der Waals surface area contributed by atoms with E-state index in [0.29, 0.717) is 28.7 Å². The van der Waals surface area contributed by atoms with Crippen LogP contribution in [-0.4, -0.2) is 26.6 Å². The highest BCUT2D eigenvalue weighted by Crippen LogP contribution is 2.39. The molecule has 4 rings (SSSR count). The van der Waals surface area contributed by atoms with Gasteiger partial charge in [0.1, 0.15) is 5.75 Å². The molecule has 3 aromatic carbocycles. The summed E-state index contributed by atoms with van der Waals surface area (Å²) in [4.78, 5) is 25.1. The molecule has 4 aromatic rings. The number of para-hydroxylation sites is 1. The van der Waals surface area contributed by atoms with Crippen molar-refractivity contribution in [1.29, 1.82) is 0 Å². The van der Waals surface area contributed by atoms with E-state index in [0.717, 1.165) is 0 Å². The molecule has 0 bridgehead atoms. The minimum absolute atomic E-state index is 0.133. The van der Waals surface area contributed by atoms with E-state index in [1.165, 1.54) is 18.2 Å². The van der Waals surface area contributed by atoms with Gasteiger partial charge in [0.05, 0.1) is 11.1 Å². The third kappa shape index (κ3) is 4.35. The van der Waals surface area contributed by atoms with Gasteiger partial charge in [-0.15, -0.1) is 16.8 Å². The molecule has 0 fully saturated rings. The predicted molar refractivity (Wildman–Crippen MR) is 125 cm³/mol. The number of fused-ring (bicyclic) bond motifs is 1. The monoisotopic (exact) mass is 440 g/mol. The molecule has 2 amide bonds. The fraction of sp³-hybridized carbons (Fsp3) is 0.0400. The number of carbonyl (C=O) groups excluding carboxylic acids is 2. The minimum Gasteiger partial charge on any atom is -0.507 e. The van der Waals surface area contributed by atoms with Crippen LogP contribution in [0.3, 0.4) is 0 Å². The molecule has 0 aliphatic carbocycles. The lowest BCUT2D eigenvalue weighted by molar-refractivity contribution is 0.0989. The maximum Gasteiger partial charge on any atom is 0.299 e. The summed E-state index contributed by atoms with van der Waals surface area (Å²) in [7, 11) is 0. The molecule has 33 heavy (non-hydrogen) atoms. The molecule has 0 unspecified atom stereocenters. The van der Waals surface area contributed by atoms with E-state index in [4.69, 9.17) is 0 Å². The minimum atomic E-state index is -0.830. The largest absolute Gasteiger partial charge is 0.507 e. The number of nitrogens with one attached hydrogen (secondary N) is 1. The molecule has 1 heterocycles. The van der Waals surface area contributed by atoms with Crippen LogP contribution >= 0.6 is 0 Å². The van der Waals surface area contributed by atoms with Crippen molar-refractivity contribution in [3.63, 3.8) is 0 Å². The van der Waals surface area contributed by atoms with Crippen molar-refractivity contribution in [1.82, 2.24) is 4.57 Å². The van der Waals surface area contributed by atoms with Gasteiger partial charge in [-0.25, -0.2) is 0 Å². The van der Waals surface area contributed by atoms with Crippen LogP contribution in [0, 0.1) is 0 Å². The topological polar surface area (TPSA) is 116 Å². The zero-order chi connectivity index (χ0) is 23.4. The van der Waals surface area contributed by atoms with E-state index >= 15 is 0 Å². The van der Waals surface area contributed by atoms with Crippen LogP contribution in [0.15, 0.2) is 95.7 Å². The Morgan fingerprint density at radius 1 is 1.00 bits per heavy atom. The van der Waals surface area contributed by atoms with E-state index in [-0.39, 0.29) is 28.8 Å². The molecule has 3 N–H and O–H groups in total. The number of azo groups is 1. The van der Waals surface area contributed by atoms with Gasteiger partial charge in [0.2, 0.25) is 5.88 Å². The van der Waals surface area contributed by atoms with Crippen LogP contribution in [0.5, 0.6) is 11.6 Å². The fourth-order valence-electron chi connectivity index (χ4n) is 3.41. The van der Waals surface area contributed by atoms with Gasteiger partial charge < -0.3 is 20.1 Å². The second kappa shape index (κ2) is 9.19. The molecule has 8 nitrogen and oxygen atoms in total. The molecule has 0 saturated heterocycles. The van der Waals surface area contributed by atoms with Gasteiger partial charge in [-0.1, -0.05) is 42.5 Å². The quantitative estimate of drug-likeness (QED) is 0.211. The van der Waals surface area contributed by atoms with Gasteiger partial charge in [-0.2, -0.15) is 0 Å². The first kappa shape index (κ1) is 21.5. The smallest absolute Gasteiger partial charge is 0.299 e. The van der Waals surface area contributed by atoms with Crippen molar-refractivity contribution < 1.29 is 19.8 Å². The number of hydrogen-bond donors (Lipinski definition) is 3. The summed E-state index contributed by atoms with van der Waals surface area (Å²) in [6.07, 6.45) is 1.63. The predicted octanol–water partition coefficient (Wildman–Crippen LogP) is 5.41. The first-order chi connectivity index (χ1) is 16.0. The van der Waals surface area contributed by atoms with Crippen molar-refractivity contribution >= 4 is 34.1 Å². The van der Waals surface area contributed by atoms with Crippen molar-refractivity contribution in [3.8, 4) is 11.6 Å². The lowest BCUT2D eigenvalue weighted by Gasteiger charge is -2.07. The normalized spacial score (nSPS) is 11.0. The average Bonchev–Trinajstić information content (AvgIpc) is 3.10. The van der Waals surface area contributed by atoms with Crippen LogP contribution in [0.25, 0.3) is 10.9 Å². The first-order valence-electron chi connectivity index (χ1n) is 10.1. The maximum absolute atomic E-state index is 12.7. The summed E-state index contributed by atoms with van der Waals surface area (Å²) in [5.41, 5.74) is 1.47. The number of anilines is 1. The Morgan fingerprint density at radius 3 is 2.48 bits per heavy atom. The Kier molecular flexibility index (Phi) is 5.99. The van der Waals surface area contributed by atoms with E-state index in [2.05, 4.69) is 22.1 Å². The SMILES string of the molecule is C=CCn1c(O)c(N=NC(=O)c2cc(NC(=O)c3ccccc3)ccc2O)c2ccccc21. The summed E-state index contributed by atoms with van der Waals surface area (Å²) < 4.78 is 1.60.